The molecule has 0 saturated heterocycles. The minimum absolute atomic E-state index is 0.101. The highest BCUT2D eigenvalue weighted by Gasteiger charge is 2.42. The third-order valence-electron chi connectivity index (χ3n) is 9.92. The van der Waals surface area contributed by atoms with Crippen LogP contribution in [0, 0.1) is 13.8 Å². The van der Waals surface area contributed by atoms with Crippen LogP contribution >= 0.6 is 0 Å². The number of benzene rings is 2. The van der Waals surface area contributed by atoms with Gasteiger partial charge in [0.2, 0.25) is 8.32 Å². The molecule has 2 atom stereocenters. The Morgan fingerprint density at radius 1 is 1.00 bits per heavy atom. The van der Waals surface area contributed by atoms with Crippen molar-refractivity contribution in [3.8, 4) is 11.5 Å². The van der Waals surface area contributed by atoms with Crippen LogP contribution in [0.4, 0.5) is 0 Å². The summed E-state index contributed by atoms with van der Waals surface area (Å²) in [6.07, 6.45) is 12.4. The van der Waals surface area contributed by atoms with E-state index in [9.17, 15) is 8.42 Å². The topological polar surface area (TPSA) is 52.6 Å². The molecular formula is C40H60O4SSi. The molecule has 254 valence electrons. The molecule has 0 N–H and O–H groups in total. The van der Waals surface area contributed by atoms with Gasteiger partial charge in [0.1, 0.15) is 17.1 Å². The van der Waals surface area contributed by atoms with Crippen molar-refractivity contribution in [2.45, 2.75) is 148 Å². The second-order valence-electron chi connectivity index (χ2n) is 15.6. The molecule has 0 fully saturated rings. The van der Waals surface area contributed by atoms with Crippen LogP contribution in [0.2, 0.25) is 18.1 Å². The van der Waals surface area contributed by atoms with Crippen LogP contribution < -0.4 is 9.16 Å². The summed E-state index contributed by atoms with van der Waals surface area (Å²) in [5.41, 5.74) is 6.56. The number of hydrogen-bond acceptors (Lipinski definition) is 4. The van der Waals surface area contributed by atoms with E-state index < -0.39 is 29.0 Å². The van der Waals surface area contributed by atoms with Crippen LogP contribution in [0.1, 0.15) is 111 Å². The fraction of sp³-hybridized carbons (Fsp3) is 0.550. The second-order valence-corrected chi connectivity index (χ2v) is 22.5. The Hall–Kier alpha value is -2.57. The van der Waals surface area contributed by atoms with Crippen molar-refractivity contribution in [2.24, 2.45) is 0 Å². The normalized spacial score (nSPS) is 18.4. The monoisotopic (exact) mass is 664 g/mol. The van der Waals surface area contributed by atoms with Crippen LogP contribution in [0.25, 0.3) is 0 Å². The van der Waals surface area contributed by atoms with E-state index in [4.69, 9.17) is 9.16 Å². The summed E-state index contributed by atoms with van der Waals surface area (Å²) in [4.78, 5) is 0.360. The second kappa shape index (κ2) is 15.1. The van der Waals surface area contributed by atoms with E-state index >= 15 is 0 Å². The lowest BCUT2D eigenvalue weighted by Crippen LogP contribution is -2.44. The van der Waals surface area contributed by atoms with E-state index in [0.717, 1.165) is 66.7 Å². The van der Waals surface area contributed by atoms with Crippen LogP contribution in [-0.4, -0.2) is 27.6 Å². The van der Waals surface area contributed by atoms with Gasteiger partial charge in [0.25, 0.3) is 0 Å². The van der Waals surface area contributed by atoms with Crippen molar-refractivity contribution >= 4 is 18.2 Å². The summed E-state index contributed by atoms with van der Waals surface area (Å²) in [7, 11) is -5.64. The Labute approximate surface area is 282 Å². The van der Waals surface area contributed by atoms with E-state index in [1.165, 1.54) is 16.7 Å². The number of aryl methyl sites for hydroxylation is 1. The average molecular weight is 665 g/mol. The Morgan fingerprint density at radius 2 is 1.61 bits per heavy atom. The van der Waals surface area contributed by atoms with Crippen molar-refractivity contribution in [3.63, 3.8) is 0 Å². The first-order valence-electron chi connectivity index (χ1n) is 17.0. The molecule has 3 rings (SSSR count). The van der Waals surface area contributed by atoms with Gasteiger partial charge < -0.3 is 9.16 Å². The lowest BCUT2D eigenvalue weighted by molar-refractivity contribution is 0.0566. The SMILES string of the molecule is CC(C)=CCC/C(C)=C/CC/C(C)=C/C(C[C@]1(C)CCc2c(C)c(O[Si](C)(C)C(C)(C)C)cc(C)c2O1)S(=O)(=O)c1ccccc1. The first-order valence-corrected chi connectivity index (χ1v) is 21.5. The van der Waals surface area contributed by atoms with Crippen molar-refractivity contribution in [1.29, 1.82) is 0 Å². The highest BCUT2D eigenvalue weighted by atomic mass is 32.2. The van der Waals surface area contributed by atoms with Gasteiger partial charge in [0, 0.05) is 12.0 Å². The van der Waals surface area contributed by atoms with E-state index in [1.54, 1.807) is 24.3 Å². The van der Waals surface area contributed by atoms with Gasteiger partial charge in [-0.1, -0.05) is 73.9 Å². The largest absolute Gasteiger partial charge is 0.543 e. The summed E-state index contributed by atoms with van der Waals surface area (Å²) in [6.45, 7) is 26.2. The van der Waals surface area contributed by atoms with Crippen molar-refractivity contribution in [1.82, 2.24) is 0 Å². The predicted octanol–water partition coefficient (Wildman–Crippen LogP) is 11.4. The zero-order valence-electron chi connectivity index (χ0n) is 30.8. The lowest BCUT2D eigenvalue weighted by Gasteiger charge is -2.40. The highest BCUT2D eigenvalue weighted by Crippen LogP contribution is 2.45. The molecule has 46 heavy (non-hydrogen) atoms. The third-order valence-corrected chi connectivity index (χ3v) is 16.3. The summed E-state index contributed by atoms with van der Waals surface area (Å²) in [5, 5.41) is -0.587. The average Bonchev–Trinajstić information content (AvgIpc) is 2.95. The molecule has 0 aromatic heterocycles. The molecular weight excluding hydrogens is 605 g/mol. The van der Waals surface area contributed by atoms with Crippen LogP contribution in [0.15, 0.2) is 76.2 Å². The fourth-order valence-electron chi connectivity index (χ4n) is 5.84. The van der Waals surface area contributed by atoms with Gasteiger partial charge in [-0.15, -0.1) is 0 Å². The van der Waals surface area contributed by atoms with Crippen molar-refractivity contribution in [2.75, 3.05) is 0 Å². The molecule has 4 nitrogen and oxygen atoms in total. The van der Waals surface area contributed by atoms with Gasteiger partial charge in [0.05, 0.1) is 10.1 Å². The Kier molecular flexibility index (Phi) is 12.4. The first-order chi connectivity index (χ1) is 21.3. The quantitative estimate of drug-likeness (QED) is 0.158. The molecule has 1 aliphatic rings. The molecule has 1 heterocycles. The number of fused-ring (bicyclic) bond motifs is 1. The zero-order valence-corrected chi connectivity index (χ0v) is 32.6. The molecule has 0 spiro atoms. The van der Waals surface area contributed by atoms with Gasteiger partial charge in [-0.05, 0) is 134 Å². The summed E-state index contributed by atoms with van der Waals surface area (Å²) < 4.78 is 41.9. The Morgan fingerprint density at radius 3 is 2.22 bits per heavy atom. The molecule has 0 aliphatic carbocycles. The molecule has 1 aliphatic heterocycles. The Bertz CT molecular complexity index is 1550. The van der Waals surface area contributed by atoms with Gasteiger partial charge in [0.15, 0.2) is 9.84 Å². The maximum atomic E-state index is 14.1. The maximum Gasteiger partial charge on any atom is 0.250 e. The van der Waals surface area contributed by atoms with Crippen molar-refractivity contribution in [3.05, 3.63) is 88.0 Å². The minimum atomic E-state index is -3.63. The van der Waals surface area contributed by atoms with E-state index in [1.807, 2.05) is 12.1 Å². The van der Waals surface area contributed by atoms with Crippen LogP contribution in [-0.2, 0) is 16.3 Å². The number of sulfone groups is 1. The zero-order chi connectivity index (χ0) is 34.5. The van der Waals surface area contributed by atoms with Gasteiger partial charge in [-0.25, -0.2) is 8.42 Å². The molecule has 6 heteroatoms. The smallest absolute Gasteiger partial charge is 0.250 e. The first kappa shape index (κ1) is 37.9. The fourth-order valence-corrected chi connectivity index (χ4v) is 8.78. The van der Waals surface area contributed by atoms with Crippen LogP contribution in [0.3, 0.4) is 0 Å². The standard InChI is InChI=1S/C40H60O4SSi/c1-29(2)18-16-19-30(3)20-17-21-31(4)26-35(45(41,42)34-22-14-13-15-23-34)28-40(10)25-24-36-33(6)37(27-32(5)38(36)43-40)44-46(11,12)39(7,8)9/h13-15,18,20,22-23,26-27,35H,16-17,19,21,24-25,28H2,1-12H3/b30-20+,31-26+/t35?,40-/m0/s1. The van der Waals surface area contributed by atoms with E-state index in [2.05, 4.69) is 101 Å². The molecule has 0 amide bonds. The van der Waals surface area contributed by atoms with Gasteiger partial charge >= 0.3 is 0 Å². The summed E-state index contributed by atoms with van der Waals surface area (Å²) >= 11 is 0. The highest BCUT2D eigenvalue weighted by molar-refractivity contribution is 7.92. The molecule has 0 saturated carbocycles. The number of rotatable bonds is 13. The summed E-state index contributed by atoms with van der Waals surface area (Å²) in [5.74, 6) is 1.85. The van der Waals surface area contributed by atoms with E-state index in [-0.39, 0.29) is 5.04 Å². The van der Waals surface area contributed by atoms with Crippen molar-refractivity contribution < 1.29 is 17.6 Å². The number of ether oxygens (including phenoxy) is 1. The number of allylic oxidation sites excluding steroid dienone is 5. The molecule has 2 aromatic carbocycles. The van der Waals surface area contributed by atoms with Gasteiger partial charge in [-0.2, -0.15) is 0 Å². The van der Waals surface area contributed by atoms with Gasteiger partial charge in [-0.3, -0.25) is 0 Å². The van der Waals surface area contributed by atoms with Crippen LogP contribution in [0.5, 0.6) is 11.5 Å². The Balaban J connectivity index is 1.89. The minimum Gasteiger partial charge on any atom is -0.543 e. The lowest BCUT2D eigenvalue weighted by atomic mass is 9.85. The number of hydrogen-bond donors (Lipinski definition) is 0. The predicted molar refractivity (Wildman–Crippen MR) is 199 cm³/mol. The molecule has 1 unspecified atom stereocenters. The maximum absolute atomic E-state index is 14.1. The third kappa shape index (κ3) is 9.73. The molecule has 0 bridgehead atoms. The molecule has 0 radical (unpaired) electrons. The summed E-state index contributed by atoms with van der Waals surface area (Å²) in [6, 6.07) is 11.0. The molecule has 2 aromatic rings. The van der Waals surface area contributed by atoms with E-state index in [0.29, 0.717) is 11.3 Å².